The van der Waals surface area contributed by atoms with Crippen molar-refractivity contribution < 1.29 is 9.59 Å². The summed E-state index contributed by atoms with van der Waals surface area (Å²) in [6.45, 7) is 7.57. The molecule has 0 saturated carbocycles. The number of aromatic nitrogens is 3. The van der Waals surface area contributed by atoms with Crippen molar-refractivity contribution in [2.24, 2.45) is 11.3 Å². The van der Waals surface area contributed by atoms with Gasteiger partial charge in [-0.3, -0.25) is 14.7 Å². The summed E-state index contributed by atoms with van der Waals surface area (Å²) >= 11 is 0. The van der Waals surface area contributed by atoms with Gasteiger partial charge in [-0.15, -0.1) is 5.10 Å². The molecule has 2 aliphatic rings. The van der Waals surface area contributed by atoms with E-state index in [0.717, 1.165) is 51.9 Å². The third-order valence-electron chi connectivity index (χ3n) is 5.86. The molecule has 0 bridgehead atoms. The number of rotatable bonds is 6. The van der Waals surface area contributed by atoms with E-state index < -0.39 is 0 Å². The van der Waals surface area contributed by atoms with Crippen LogP contribution < -0.4 is 5.73 Å². The van der Waals surface area contributed by atoms with E-state index >= 15 is 0 Å². The second kappa shape index (κ2) is 8.27. The number of carbonyl (C=O) groups is 2. The number of nitrogen functional groups attached to an aromatic ring is 1. The molecule has 27 heavy (non-hydrogen) atoms. The zero-order valence-corrected chi connectivity index (χ0v) is 16.5. The number of nitrogens with zero attached hydrogens (tertiary/aromatic N) is 4. The number of piperidine rings is 2. The monoisotopic (exact) mass is 376 g/mol. The van der Waals surface area contributed by atoms with Crippen LogP contribution in [0.5, 0.6) is 0 Å². The van der Waals surface area contributed by atoms with Gasteiger partial charge in [0, 0.05) is 50.9 Å². The van der Waals surface area contributed by atoms with Gasteiger partial charge in [-0.05, 0) is 31.6 Å². The Morgan fingerprint density at radius 2 is 2.15 bits per heavy atom. The van der Waals surface area contributed by atoms with E-state index in [4.69, 9.17) is 5.73 Å². The number of aromatic amines is 1. The molecule has 1 aromatic heterocycles. The molecular formula is C19H32N6O2. The SMILES string of the molecule is CC(C)CCN1C[C@]2(CCCN(C(=O)CCc3nc(N)n[nH]3)C2)CCC1=O. The molecule has 8 heteroatoms. The minimum atomic E-state index is 0.0649. The van der Waals surface area contributed by atoms with Gasteiger partial charge in [0.05, 0.1) is 0 Å². The average molecular weight is 377 g/mol. The highest BCUT2D eigenvalue weighted by Crippen LogP contribution is 2.39. The Kier molecular flexibility index (Phi) is 6.01. The molecule has 0 aliphatic carbocycles. The molecule has 150 valence electrons. The molecular weight excluding hydrogens is 344 g/mol. The van der Waals surface area contributed by atoms with Gasteiger partial charge in [-0.1, -0.05) is 13.8 Å². The lowest BCUT2D eigenvalue weighted by atomic mass is 9.73. The van der Waals surface area contributed by atoms with Gasteiger partial charge in [0.1, 0.15) is 5.82 Å². The summed E-state index contributed by atoms with van der Waals surface area (Å²) in [7, 11) is 0. The Morgan fingerprint density at radius 3 is 2.85 bits per heavy atom. The summed E-state index contributed by atoms with van der Waals surface area (Å²) < 4.78 is 0. The predicted octanol–water partition coefficient (Wildman–Crippen LogP) is 1.60. The van der Waals surface area contributed by atoms with Crippen LogP contribution in [0.3, 0.4) is 0 Å². The van der Waals surface area contributed by atoms with Crippen LogP contribution in [0.2, 0.25) is 0 Å². The standard InChI is InChI=1S/C19H32N6O2/c1-14(2)7-11-25-13-19(9-6-17(25)27)8-3-10-24(12-19)16(26)5-4-15-21-18(20)23-22-15/h14H,3-13H2,1-2H3,(H3,20,21,22,23)/t19-/m1/s1. The number of nitrogens with one attached hydrogen (secondary N) is 1. The van der Waals surface area contributed by atoms with Gasteiger partial charge in [0.2, 0.25) is 17.8 Å². The first-order chi connectivity index (χ1) is 12.9. The summed E-state index contributed by atoms with van der Waals surface area (Å²) in [4.78, 5) is 33.1. The van der Waals surface area contributed by atoms with Gasteiger partial charge in [-0.25, -0.2) is 0 Å². The number of carbonyl (C=O) groups excluding carboxylic acids is 2. The van der Waals surface area contributed by atoms with E-state index in [1.807, 2.05) is 9.80 Å². The lowest BCUT2D eigenvalue weighted by Gasteiger charge is -2.48. The molecule has 3 rings (SSSR count). The maximum absolute atomic E-state index is 12.7. The van der Waals surface area contributed by atoms with E-state index in [1.54, 1.807) is 0 Å². The van der Waals surface area contributed by atoms with Crippen LogP contribution in [-0.2, 0) is 16.0 Å². The van der Waals surface area contributed by atoms with Crippen molar-refractivity contribution in [1.29, 1.82) is 0 Å². The Labute approximate surface area is 160 Å². The summed E-state index contributed by atoms with van der Waals surface area (Å²) in [5.74, 6) is 1.87. The zero-order chi connectivity index (χ0) is 19.4. The lowest BCUT2D eigenvalue weighted by molar-refractivity contribution is -0.143. The number of likely N-dealkylation sites (tertiary alicyclic amines) is 2. The molecule has 1 spiro atoms. The van der Waals surface area contributed by atoms with E-state index in [9.17, 15) is 9.59 Å². The van der Waals surface area contributed by atoms with Gasteiger partial charge >= 0.3 is 0 Å². The van der Waals surface area contributed by atoms with Gasteiger partial charge in [-0.2, -0.15) is 4.98 Å². The molecule has 0 aromatic carbocycles. The second-order valence-electron chi connectivity index (χ2n) is 8.56. The molecule has 1 atom stereocenters. The first kappa shape index (κ1) is 19.6. The van der Waals surface area contributed by atoms with Crippen molar-refractivity contribution >= 4 is 17.8 Å². The van der Waals surface area contributed by atoms with Crippen molar-refractivity contribution in [1.82, 2.24) is 25.0 Å². The smallest absolute Gasteiger partial charge is 0.239 e. The Hall–Kier alpha value is -2.12. The number of aryl methyl sites for hydroxylation is 1. The number of amides is 2. The van der Waals surface area contributed by atoms with E-state index in [1.165, 1.54) is 0 Å². The molecule has 2 saturated heterocycles. The van der Waals surface area contributed by atoms with Crippen LogP contribution >= 0.6 is 0 Å². The molecule has 3 heterocycles. The second-order valence-corrected chi connectivity index (χ2v) is 8.56. The topological polar surface area (TPSA) is 108 Å². The summed E-state index contributed by atoms with van der Waals surface area (Å²) in [5, 5.41) is 6.55. The Balaban J connectivity index is 1.57. The third-order valence-corrected chi connectivity index (χ3v) is 5.86. The van der Waals surface area contributed by atoms with Crippen LogP contribution in [0, 0.1) is 11.3 Å². The van der Waals surface area contributed by atoms with E-state index in [2.05, 4.69) is 29.0 Å². The minimum Gasteiger partial charge on any atom is -0.367 e. The van der Waals surface area contributed by atoms with Crippen LogP contribution in [0.1, 0.15) is 58.2 Å². The number of hydrogen-bond acceptors (Lipinski definition) is 5. The number of nitrogens with two attached hydrogens (primary N) is 1. The molecule has 2 aliphatic heterocycles. The molecule has 0 radical (unpaired) electrons. The molecule has 1 aromatic rings. The van der Waals surface area contributed by atoms with Crippen molar-refractivity contribution in [2.75, 3.05) is 31.9 Å². The summed E-state index contributed by atoms with van der Waals surface area (Å²) in [6, 6.07) is 0. The third kappa shape index (κ3) is 4.99. The Morgan fingerprint density at radius 1 is 1.33 bits per heavy atom. The van der Waals surface area contributed by atoms with Gasteiger partial charge < -0.3 is 15.5 Å². The molecule has 3 N–H and O–H groups in total. The average Bonchev–Trinajstić information content (AvgIpc) is 3.06. The maximum Gasteiger partial charge on any atom is 0.239 e. The molecule has 0 unspecified atom stereocenters. The highest BCUT2D eigenvalue weighted by atomic mass is 16.2. The normalized spacial score (nSPS) is 23.4. The largest absolute Gasteiger partial charge is 0.367 e. The van der Waals surface area contributed by atoms with E-state index in [-0.39, 0.29) is 23.2 Å². The van der Waals surface area contributed by atoms with Crippen LogP contribution in [-0.4, -0.2) is 63.0 Å². The van der Waals surface area contributed by atoms with Crippen molar-refractivity contribution in [3.63, 3.8) is 0 Å². The fraction of sp³-hybridized carbons (Fsp3) is 0.789. The van der Waals surface area contributed by atoms with Crippen LogP contribution in [0.25, 0.3) is 0 Å². The lowest BCUT2D eigenvalue weighted by Crippen LogP contribution is -2.55. The quantitative estimate of drug-likeness (QED) is 0.784. The fourth-order valence-corrected chi connectivity index (χ4v) is 4.28. The zero-order valence-electron chi connectivity index (χ0n) is 16.5. The van der Waals surface area contributed by atoms with Gasteiger partial charge in [0.25, 0.3) is 0 Å². The highest BCUT2D eigenvalue weighted by Gasteiger charge is 2.42. The fourth-order valence-electron chi connectivity index (χ4n) is 4.28. The summed E-state index contributed by atoms with van der Waals surface area (Å²) in [5.41, 5.74) is 5.57. The number of hydrogen-bond donors (Lipinski definition) is 2. The molecule has 8 nitrogen and oxygen atoms in total. The first-order valence-corrected chi connectivity index (χ1v) is 10.1. The maximum atomic E-state index is 12.7. The minimum absolute atomic E-state index is 0.0649. The van der Waals surface area contributed by atoms with E-state index in [0.29, 0.717) is 31.0 Å². The highest BCUT2D eigenvalue weighted by molar-refractivity contribution is 5.78. The first-order valence-electron chi connectivity index (χ1n) is 10.1. The molecule has 2 fully saturated rings. The molecule has 2 amide bonds. The van der Waals surface area contributed by atoms with Crippen LogP contribution in [0.15, 0.2) is 0 Å². The van der Waals surface area contributed by atoms with Crippen molar-refractivity contribution in [3.05, 3.63) is 5.82 Å². The Bertz CT molecular complexity index is 673. The van der Waals surface area contributed by atoms with Crippen LogP contribution in [0.4, 0.5) is 5.95 Å². The number of H-pyrrole nitrogens is 1. The van der Waals surface area contributed by atoms with Crippen molar-refractivity contribution in [2.45, 2.75) is 58.8 Å². The van der Waals surface area contributed by atoms with Crippen molar-refractivity contribution in [3.8, 4) is 0 Å². The number of anilines is 1. The predicted molar refractivity (Wildman–Crippen MR) is 103 cm³/mol. The summed E-state index contributed by atoms with van der Waals surface area (Å²) in [6.07, 6.45) is 5.56. The van der Waals surface area contributed by atoms with Gasteiger partial charge in [0.15, 0.2) is 0 Å².